The normalized spacial score (nSPS) is 18.7. The van der Waals surface area contributed by atoms with Gasteiger partial charge >= 0.3 is 12.2 Å². The number of anilines is 1. The molecular formula is C11H11IN2O4. The number of benzene rings is 1. The van der Waals surface area contributed by atoms with Gasteiger partial charge < -0.3 is 9.84 Å². The smallest absolute Gasteiger partial charge is 0.416 e. The van der Waals surface area contributed by atoms with Gasteiger partial charge in [0.2, 0.25) is 0 Å². The van der Waals surface area contributed by atoms with Gasteiger partial charge in [-0.3, -0.25) is 9.80 Å². The first kappa shape index (κ1) is 12.9. The predicted octanol–water partition coefficient (Wildman–Crippen LogP) is 2.18. The number of ether oxygens (including phenoxy) is 1. The minimum Gasteiger partial charge on any atom is -0.465 e. The van der Waals surface area contributed by atoms with E-state index in [0.717, 1.165) is 8.47 Å². The highest BCUT2D eigenvalue weighted by Gasteiger charge is 2.36. The molecule has 1 aromatic carbocycles. The van der Waals surface area contributed by atoms with Gasteiger partial charge in [-0.05, 0) is 46.9 Å². The van der Waals surface area contributed by atoms with E-state index < -0.39 is 18.4 Å². The summed E-state index contributed by atoms with van der Waals surface area (Å²) in [6.07, 6.45) is -2.43. The van der Waals surface area contributed by atoms with Crippen molar-refractivity contribution in [1.29, 1.82) is 0 Å². The second kappa shape index (κ2) is 5.01. The van der Waals surface area contributed by atoms with Crippen molar-refractivity contribution in [2.24, 2.45) is 0 Å². The fourth-order valence-corrected chi connectivity index (χ4v) is 1.96. The summed E-state index contributed by atoms with van der Waals surface area (Å²) in [4.78, 5) is 24.9. The van der Waals surface area contributed by atoms with E-state index >= 15 is 0 Å². The van der Waals surface area contributed by atoms with Gasteiger partial charge in [-0.25, -0.2) is 9.59 Å². The molecule has 1 heterocycles. The largest absolute Gasteiger partial charge is 0.465 e. The minimum absolute atomic E-state index is 0.197. The van der Waals surface area contributed by atoms with Crippen LogP contribution in [-0.4, -0.2) is 42.0 Å². The highest BCUT2D eigenvalue weighted by molar-refractivity contribution is 14.1. The fraction of sp³-hybridized carbons (Fsp3) is 0.273. The van der Waals surface area contributed by atoms with Crippen molar-refractivity contribution in [3.05, 3.63) is 27.8 Å². The number of carboxylic acid groups (broad SMARTS) is 1. The summed E-state index contributed by atoms with van der Waals surface area (Å²) in [5, 5.41) is 8.84. The van der Waals surface area contributed by atoms with Crippen LogP contribution in [0.4, 0.5) is 15.3 Å². The number of carbonyl (C=O) groups is 2. The maximum absolute atomic E-state index is 11.7. The molecule has 0 aliphatic carbocycles. The fourth-order valence-electron chi connectivity index (χ4n) is 1.60. The second-order valence-corrected chi connectivity index (χ2v) is 5.06. The molecule has 1 N–H and O–H groups in total. The number of amides is 2. The van der Waals surface area contributed by atoms with E-state index in [9.17, 15) is 9.59 Å². The van der Waals surface area contributed by atoms with Crippen LogP contribution in [0.15, 0.2) is 24.3 Å². The van der Waals surface area contributed by atoms with Gasteiger partial charge in [0.25, 0.3) is 0 Å². The van der Waals surface area contributed by atoms with Crippen molar-refractivity contribution >= 4 is 40.5 Å². The third-order valence-electron chi connectivity index (χ3n) is 2.67. The number of halogens is 1. The number of rotatable bonds is 2. The van der Waals surface area contributed by atoms with Crippen LogP contribution in [0, 0.1) is 3.57 Å². The molecule has 1 fully saturated rings. The summed E-state index contributed by atoms with van der Waals surface area (Å²) in [6, 6.07) is 7.34. The molecule has 0 radical (unpaired) electrons. The Morgan fingerprint density at radius 1 is 1.50 bits per heavy atom. The van der Waals surface area contributed by atoms with Crippen LogP contribution in [0.2, 0.25) is 0 Å². The lowest BCUT2D eigenvalue weighted by Gasteiger charge is -2.18. The molecule has 1 aliphatic rings. The zero-order valence-electron chi connectivity index (χ0n) is 9.54. The molecule has 96 valence electrons. The predicted molar refractivity (Wildman–Crippen MR) is 72.6 cm³/mol. The molecule has 2 amide bonds. The van der Waals surface area contributed by atoms with Crippen molar-refractivity contribution < 1.29 is 19.4 Å². The van der Waals surface area contributed by atoms with Crippen molar-refractivity contribution in [1.82, 2.24) is 4.90 Å². The van der Waals surface area contributed by atoms with Crippen LogP contribution in [0.25, 0.3) is 0 Å². The molecule has 2 rings (SSSR count). The van der Waals surface area contributed by atoms with Gasteiger partial charge in [0, 0.05) is 16.3 Å². The zero-order chi connectivity index (χ0) is 13.3. The molecule has 0 bridgehead atoms. The van der Waals surface area contributed by atoms with Gasteiger partial charge in [0.15, 0.2) is 6.23 Å². The Labute approximate surface area is 117 Å². The van der Waals surface area contributed by atoms with Crippen LogP contribution in [-0.2, 0) is 4.74 Å². The number of likely N-dealkylation sites (N-methyl/N-ethyl adjacent to an activating group) is 1. The van der Waals surface area contributed by atoms with E-state index in [1.165, 1.54) is 11.9 Å². The van der Waals surface area contributed by atoms with Crippen LogP contribution in [0.3, 0.4) is 0 Å². The molecule has 1 saturated heterocycles. The third-order valence-corrected chi connectivity index (χ3v) is 3.39. The van der Waals surface area contributed by atoms with Crippen LogP contribution >= 0.6 is 22.6 Å². The molecule has 0 spiro atoms. The van der Waals surface area contributed by atoms with Gasteiger partial charge in [0.05, 0.1) is 6.54 Å². The number of carbonyl (C=O) groups excluding carboxylic acids is 1. The summed E-state index contributed by atoms with van der Waals surface area (Å²) in [5.74, 6) is 0. The first-order chi connectivity index (χ1) is 8.49. The Morgan fingerprint density at radius 3 is 2.67 bits per heavy atom. The Balaban J connectivity index is 2.14. The van der Waals surface area contributed by atoms with Crippen molar-refractivity contribution in [2.45, 2.75) is 6.23 Å². The summed E-state index contributed by atoms with van der Waals surface area (Å²) in [6.45, 7) is 0.197. The average Bonchev–Trinajstić information content (AvgIpc) is 2.71. The van der Waals surface area contributed by atoms with Gasteiger partial charge in [-0.1, -0.05) is 0 Å². The third kappa shape index (κ3) is 2.50. The summed E-state index contributed by atoms with van der Waals surface area (Å²) >= 11 is 2.17. The lowest BCUT2D eigenvalue weighted by Crippen LogP contribution is -2.38. The first-order valence-corrected chi connectivity index (χ1v) is 6.26. The standard InChI is InChI=1S/C11H11IN2O4/c1-13(10(15)16)9-6-14(11(17)18-9)8-4-2-7(12)3-5-8/h2-5,9H,6H2,1H3,(H,15,16)/t9-/m0/s1. The lowest BCUT2D eigenvalue weighted by atomic mass is 10.3. The molecular weight excluding hydrogens is 351 g/mol. The van der Waals surface area contributed by atoms with Gasteiger partial charge in [-0.15, -0.1) is 0 Å². The Bertz CT molecular complexity index is 476. The quantitative estimate of drug-likeness (QED) is 0.819. The first-order valence-electron chi connectivity index (χ1n) is 5.18. The number of hydrogen-bond donors (Lipinski definition) is 1. The minimum atomic E-state index is -1.13. The summed E-state index contributed by atoms with van der Waals surface area (Å²) in [5.41, 5.74) is 0.696. The van der Waals surface area contributed by atoms with Crippen molar-refractivity contribution in [3.8, 4) is 0 Å². The molecule has 0 saturated carbocycles. The monoisotopic (exact) mass is 362 g/mol. The van der Waals surface area contributed by atoms with Crippen LogP contribution in [0.5, 0.6) is 0 Å². The summed E-state index contributed by atoms with van der Waals surface area (Å²) < 4.78 is 6.07. The van der Waals surface area contributed by atoms with Crippen molar-refractivity contribution in [2.75, 3.05) is 18.5 Å². The molecule has 1 aliphatic heterocycles. The highest BCUT2D eigenvalue weighted by atomic mass is 127. The van der Waals surface area contributed by atoms with Gasteiger partial charge in [0.1, 0.15) is 0 Å². The van der Waals surface area contributed by atoms with Gasteiger partial charge in [-0.2, -0.15) is 0 Å². The average molecular weight is 362 g/mol. The SMILES string of the molecule is CN(C(=O)O)[C@@H]1CN(c2ccc(I)cc2)C(=O)O1. The number of nitrogens with zero attached hydrogens (tertiary/aromatic N) is 2. The second-order valence-electron chi connectivity index (χ2n) is 3.82. The van der Waals surface area contributed by atoms with E-state index in [1.807, 2.05) is 12.1 Å². The Hall–Kier alpha value is -1.51. The lowest BCUT2D eigenvalue weighted by molar-refractivity contribution is 0.0415. The maximum Gasteiger partial charge on any atom is 0.416 e. The van der Waals surface area contributed by atoms with E-state index in [2.05, 4.69) is 22.6 Å². The Morgan fingerprint density at radius 2 is 2.11 bits per heavy atom. The molecule has 6 nitrogen and oxygen atoms in total. The van der Waals surface area contributed by atoms with E-state index in [4.69, 9.17) is 9.84 Å². The zero-order valence-corrected chi connectivity index (χ0v) is 11.7. The molecule has 18 heavy (non-hydrogen) atoms. The molecule has 1 atom stereocenters. The summed E-state index contributed by atoms with van der Waals surface area (Å²) in [7, 11) is 1.37. The highest BCUT2D eigenvalue weighted by Crippen LogP contribution is 2.23. The molecule has 1 aromatic rings. The Kier molecular flexibility index (Phi) is 3.60. The number of hydrogen-bond acceptors (Lipinski definition) is 3. The van der Waals surface area contributed by atoms with Crippen LogP contribution < -0.4 is 4.90 Å². The number of cyclic esters (lactones) is 1. The molecule has 0 unspecified atom stereocenters. The van der Waals surface area contributed by atoms with Crippen LogP contribution in [0.1, 0.15) is 0 Å². The molecule has 7 heteroatoms. The molecule has 0 aromatic heterocycles. The topological polar surface area (TPSA) is 70.1 Å². The van der Waals surface area contributed by atoms with E-state index in [-0.39, 0.29) is 6.54 Å². The van der Waals surface area contributed by atoms with Crippen molar-refractivity contribution in [3.63, 3.8) is 0 Å². The van der Waals surface area contributed by atoms with E-state index in [1.54, 1.807) is 12.1 Å². The van der Waals surface area contributed by atoms with E-state index in [0.29, 0.717) is 5.69 Å². The maximum atomic E-state index is 11.7.